The summed E-state index contributed by atoms with van der Waals surface area (Å²) in [7, 11) is -4.50. The lowest BCUT2D eigenvalue weighted by atomic mass is 10.3. The molecular weight excluding hydrogens is 213 g/mol. The minimum atomic E-state index is -4.50. The molecule has 0 saturated heterocycles. The summed E-state index contributed by atoms with van der Waals surface area (Å²) in [6.45, 7) is 2.00. The smallest absolute Gasteiger partial charge is 0.379 e. The molecule has 0 aromatic heterocycles. The number of carbonyl (C=O) groups is 1. The van der Waals surface area contributed by atoms with Crippen molar-refractivity contribution < 1.29 is 28.9 Å². The van der Waals surface area contributed by atoms with Crippen molar-refractivity contribution in [1.82, 2.24) is 0 Å². The van der Waals surface area contributed by atoms with Gasteiger partial charge in [-0.25, -0.2) is 4.79 Å². The van der Waals surface area contributed by atoms with Crippen LogP contribution in [0, 0.1) is 5.21 Å². The van der Waals surface area contributed by atoms with Crippen LogP contribution in [0.2, 0.25) is 0 Å². The van der Waals surface area contributed by atoms with E-state index in [2.05, 4.69) is 0 Å². The zero-order valence-electron chi connectivity index (χ0n) is 7.95. The highest BCUT2D eigenvalue weighted by Crippen LogP contribution is 2.38. The van der Waals surface area contributed by atoms with Gasteiger partial charge in [-0.3, -0.25) is 4.57 Å². The lowest BCUT2D eigenvalue weighted by Gasteiger charge is -2.44. The van der Waals surface area contributed by atoms with Gasteiger partial charge in [-0.2, -0.15) is 0 Å². The van der Waals surface area contributed by atoms with Gasteiger partial charge in [-0.1, -0.05) is 0 Å². The Morgan fingerprint density at radius 3 is 2.14 bits per heavy atom. The van der Waals surface area contributed by atoms with Crippen LogP contribution in [0.15, 0.2) is 0 Å². The highest BCUT2D eigenvalue weighted by atomic mass is 31.2. The largest absolute Gasteiger partial charge is 0.632 e. The van der Waals surface area contributed by atoms with Gasteiger partial charge in [-0.05, 0) is 13.8 Å². The van der Waals surface area contributed by atoms with Gasteiger partial charge in [0.2, 0.25) is 0 Å². The quantitative estimate of drug-likeness (QED) is 0.343. The number of rotatable bonds is 5. The molecule has 0 aromatic rings. The summed E-state index contributed by atoms with van der Waals surface area (Å²) in [4.78, 5) is 27.6. The van der Waals surface area contributed by atoms with Crippen molar-refractivity contribution in [3.63, 3.8) is 0 Å². The number of quaternary nitrogens is 1. The fraction of sp³-hybridized carbons (Fsp3) is 0.833. The maximum absolute atomic E-state index is 11.7. The van der Waals surface area contributed by atoms with Gasteiger partial charge < -0.3 is 24.7 Å². The molecule has 0 radical (unpaired) electrons. The molecule has 1 unspecified atom stereocenters. The van der Waals surface area contributed by atoms with Crippen LogP contribution < -0.4 is 0 Å². The first kappa shape index (κ1) is 13.5. The number of carboxylic acid groups (broad SMARTS) is 1. The van der Waals surface area contributed by atoms with E-state index < -0.39 is 37.1 Å². The second kappa shape index (κ2) is 4.37. The first-order valence-corrected chi connectivity index (χ1v) is 5.71. The highest BCUT2D eigenvalue weighted by molar-refractivity contribution is 7.51. The van der Waals surface area contributed by atoms with Gasteiger partial charge >= 0.3 is 13.6 Å². The molecule has 0 spiro atoms. The molecule has 84 valence electrons. The molecule has 1 atom stereocenters. The van der Waals surface area contributed by atoms with E-state index >= 15 is 0 Å². The second-order valence-electron chi connectivity index (χ2n) is 3.40. The molecule has 7 nitrogen and oxygen atoms in total. The van der Waals surface area contributed by atoms with Crippen LogP contribution in [-0.2, 0) is 9.36 Å². The zero-order chi connectivity index (χ0) is 11.6. The van der Waals surface area contributed by atoms with E-state index in [9.17, 15) is 14.6 Å². The Hall–Kier alpha value is -0.460. The topological polar surface area (TPSA) is 118 Å². The van der Waals surface area contributed by atoms with E-state index in [0.29, 0.717) is 0 Å². The zero-order valence-corrected chi connectivity index (χ0v) is 8.85. The Bertz CT molecular complexity index is 261. The van der Waals surface area contributed by atoms with Crippen molar-refractivity contribution in [2.75, 3.05) is 12.8 Å². The molecule has 0 bridgehead atoms. The molecule has 14 heavy (non-hydrogen) atoms. The van der Waals surface area contributed by atoms with Crippen molar-refractivity contribution in [3.05, 3.63) is 5.21 Å². The van der Waals surface area contributed by atoms with Gasteiger partial charge in [0.05, 0.1) is 6.04 Å². The molecule has 0 aliphatic carbocycles. The second-order valence-corrected chi connectivity index (χ2v) is 5.02. The van der Waals surface area contributed by atoms with Crippen molar-refractivity contribution >= 4 is 13.6 Å². The summed E-state index contributed by atoms with van der Waals surface area (Å²) >= 11 is 0. The molecule has 8 heteroatoms. The SMILES string of the molecule is CC(C)[N+]([O-])(CC(=O)O)CP(=O)(O)O. The molecule has 0 aliphatic heterocycles. The van der Waals surface area contributed by atoms with E-state index in [1.54, 1.807) is 0 Å². The number of carboxylic acids is 1. The number of nitrogens with zero attached hydrogens (tertiary/aromatic N) is 1. The molecule has 0 fully saturated rings. The van der Waals surface area contributed by atoms with Crippen molar-refractivity contribution in [2.45, 2.75) is 19.9 Å². The number of hydrogen-bond donors (Lipinski definition) is 3. The Balaban J connectivity index is 4.73. The fourth-order valence-corrected chi connectivity index (χ4v) is 1.99. The summed E-state index contributed by atoms with van der Waals surface area (Å²) in [6.07, 6.45) is -1.00. The monoisotopic (exact) mass is 227 g/mol. The van der Waals surface area contributed by atoms with Gasteiger partial charge in [-0.15, -0.1) is 0 Å². The standard InChI is InChI=1S/C6H14NO6P/c1-5(2)7(10,3-6(8)9)4-14(11,12)13/h5H,3-4H2,1-2H3,(H,8,9)(H2,11,12,13). The average molecular weight is 227 g/mol. The normalized spacial score (nSPS) is 16.7. The Morgan fingerprint density at radius 2 is 1.93 bits per heavy atom. The summed E-state index contributed by atoms with van der Waals surface area (Å²) in [6, 6.07) is -0.710. The predicted molar refractivity (Wildman–Crippen MR) is 48.2 cm³/mol. The van der Waals surface area contributed by atoms with Crippen molar-refractivity contribution in [1.29, 1.82) is 0 Å². The summed E-state index contributed by atoms with van der Waals surface area (Å²) < 4.78 is 9.20. The van der Waals surface area contributed by atoms with Crippen LogP contribution in [0.1, 0.15) is 13.8 Å². The van der Waals surface area contributed by atoms with Gasteiger partial charge in [0, 0.05) is 0 Å². The lowest BCUT2D eigenvalue weighted by Crippen LogP contribution is -2.51. The molecule has 0 aromatic carbocycles. The molecule has 3 N–H and O–H groups in total. The van der Waals surface area contributed by atoms with E-state index in [0.717, 1.165) is 0 Å². The lowest BCUT2D eigenvalue weighted by molar-refractivity contribution is -0.884. The van der Waals surface area contributed by atoms with Crippen LogP contribution in [0.4, 0.5) is 0 Å². The average Bonchev–Trinajstić information content (AvgIpc) is 1.79. The molecule has 0 amide bonds. The third kappa shape index (κ3) is 4.69. The summed E-state index contributed by atoms with van der Waals surface area (Å²) in [5.74, 6) is -1.37. The predicted octanol–water partition coefficient (Wildman–Crippen LogP) is -0.0708. The summed E-state index contributed by atoms with van der Waals surface area (Å²) in [5.41, 5.74) is 0. The first-order valence-electron chi connectivity index (χ1n) is 3.91. The van der Waals surface area contributed by atoms with Crippen LogP contribution in [-0.4, -0.2) is 44.4 Å². The Morgan fingerprint density at radius 1 is 1.50 bits per heavy atom. The molecule has 0 aliphatic rings. The maximum atomic E-state index is 11.7. The van der Waals surface area contributed by atoms with Crippen LogP contribution in [0.25, 0.3) is 0 Å². The van der Waals surface area contributed by atoms with Crippen LogP contribution in [0.3, 0.4) is 0 Å². The van der Waals surface area contributed by atoms with E-state index in [1.807, 2.05) is 0 Å². The number of aliphatic carboxylic acids is 1. The third-order valence-electron chi connectivity index (χ3n) is 1.77. The minimum Gasteiger partial charge on any atom is -0.632 e. The fourth-order valence-electron chi connectivity index (χ4n) is 0.937. The molecule has 0 saturated carbocycles. The van der Waals surface area contributed by atoms with E-state index in [4.69, 9.17) is 14.9 Å². The Labute approximate surface area is 81.3 Å². The van der Waals surface area contributed by atoms with E-state index in [-0.39, 0.29) is 0 Å². The number of hydrogen-bond acceptors (Lipinski definition) is 3. The molecular formula is C6H14NO6P. The first-order chi connectivity index (χ1) is 6.07. The highest BCUT2D eigenvalue weighted by Gasteiger charge is 2.32. The minimum absolute atomic E-state index is 0.710. The number of hydroxylamine groups is 3. The van der Waals surface area contributed by atoms with Crippen LogP contribution in [0.5, 0.6) is 0 Å². The molecule has 0 rings (SSSR count). The maximum Gasteiger partial charge on any atom is 0.379 e. The third-order valence-corrected chi connectivity index (χ3v) is 2.61. The molecule has 0 heterocycles. The van der Waals surface area contributed by atoms with Gasteiger partial charge in [0.25, 0.3) is 0 Å². The van der Waals surface area contributed by atoms with Gasteiger partial charge in [0.1, 0.15) is 0 Å². The van der Waals surface area contributed by atoms with Crippen molar-refractivity contribution in [2.24, 2.45) is 0 Å². The van der Waals surface area contributed by atoms with Crippen LogP contribution >= 0.6 is 7.60 Å². The summed E-state index contributed by atoms with van der Waals surface area (Å²) in [5, 5.41) is 20.1. The van der Waals surface area contributed by atoms with E-state index in [1.165, 1.54) is 13.8 Å². The van der Waals surface area contributed by atoms with Gasteiger partial charge in [0.15, 0.2) is 12.8 Å². The Kier molecular flexibility index (Phi) is 4.23. The van der Waals surface area contributed by atoms with Crippen molar-refractivity contribution in [3.8, 4) is 0 Å².